The predicted octanol–water partition coefficient (Wildman–Crippen LogP) is 3.99. The van der Waals surface area contributed by atoms with E-state index in [9.17, 15) is 14.7 Å². The number of carbonyl (C=O) groups excluding carboxylic acids is 1. The van der Waals surface area contributed by atoms with Gasteiger partial charge < -0.3 is 10.0 Å². The van der Waals surface area contributed by atoms with E-state index in [1.165, 1.54) is 16.7 Å². The summed E-state index contributed by atoms with van der Waals surface area (Å²) in [5.74, 6) is -0.951. The summed E-state index contributed by atoms with van der Waals surface area (Å²) in [5, 5.41) is 9.64. The molecule has 0 aromatic heterocycles. The predicted molar refractivity (Wildman–Crippen MR) is 95.4 cm³/mol. The Balaban J connectivity index is 1.99. The normalized spacial score (nSPS) is 20.2. The summed E-state index contributed by atoms with van der Waals surface area (Å²) in [6.45, 7) is 1.99. The number of benzene rings is 2. The van der Waals surface area contributed by atoms with Gasteiger partial charge in [-0.3, -0.25) is 4.79 Å². The third-order valence-electron chi connectivity index (χ3n) is 3.95. The molecule has 1 aliphatic rings. The van der Waals surface area contributed by atoms with Crippen molar-refractivity contribution in [1.29, 1.82) is 0 Å². The van der Waals surface area contributed by atoms with Crippen LogP contribution < -0.4 is 0 Å². The number of halogens is 1. The number of aryl methyl sites for hydroxylation is 1. The van der Waals surface area contributed by atoms with E-state index >= 15 is 0 Å². The molecule has 1 heterocycles. The van der Waals surface area contributed by atoms with E-state index in [0.29, 0.717) is 16.3 Å². The van der Waals surface area contributed by atoms with Gasteiger partial charge in [0.15, 0.2) is 0 Å². The maximum absolute atomic E-state index is 13.0. The molecule has 2 atom stereocenters. The van der Waals surface area contributed by atoms with Crippen LogP contribution >= 0.6 is 23.4 Å². The first kappa shape index (κ1) is 16.9. The van der Waals surface area contributed by atoms with Crippen molar-refractivity contribution in [3.8, 4) is 0 Å². The van der Waals surface area contributed by atoms with E-state index < -0.39 is 12.0 Å². The van der Waals surface area contributed by atoms with Crippen LogP contribution in [0.3, 0.4) is 0 Å². The van der Waals surface area contributed by atoms with Gasteiger partial charge in [0.1, 0.15) is 11.4 Å². The van der Waals surface area contributed by atoms with Crippen LogP contribution in [0, 0.1) is 6.92 Å². The summed E-state index contributed by atoms with van der Waals surface area (Å²) >= 11 is 7.44. The molecule has 24 heavy (non-hydrogen) atoms. The van der Waals surface area contributed by atoms with Crippen molar-refractivity contribution in [2.24, 2.45) is 0 Å². The minimum atomic E-state index is -0.993. The van der Waals surface area contributed by atoms with Gasteiger partial charge in [0.25, 0.3) is 5.91 Å². The second-order valence-corrected chi connectivity index (χ2v) is 7.22. The first-order valence-corrected chi connectivity index (χ1v) is 8.89. The Morgan fingerprint density at radius 1 is 1.21 bits per heavy atom. The molecule has 124 valence electrons. The maximum Gasteiger partial charge on any atom is 0.327 e. The average Bonchev–Trinajstić information content (AvgIpc) is 3.00. The highest BCUT2D eigenvalue weighted by molar-refractivity contribution is 7.99. The molecule has 2 unspecified atom stereocenters. The molecule has 0 saturated carbocycles. The van der Waals surface area contributed by atoms with Crippen LogP contribution in [0.1, 0.15) is 26.9 Å². The lowest BCUT2D eigenvalue weighted by Gasteiger charge is -2.28. The van der Waals surface area contributed by atoms with Gasteiger partial charge in [-0.05, 0) is 30.7 Å². The van der Waals surface area contributed by atoms with Gasteiger partial charge in [0.05, 0.1) is 0 Å². The van der Waals surface area contributed by atoms with Crippen molar-refractivity contribution in [1.82, 2.24) is 4.90 Å². The number of thioether (sulfide) groups is 1. The molecule has 0 spiro atoms. The topological polar surface area (TPSA) is 57.6 Å². The number of hydrogen-bond acceptors (Lipinski definition) is 3. The minimum Gasteiger partial charge on any atom is -0.480 e. The molecule has 3 rings (SSSR count). The van der Waals surface area contributed by atoms with Gasteiger partial charge in [-0.15, -0.1) is 11.8 Å². The van der Waals surface area contributed by atoms with Gasteiger partial charge in [-0.1, -0.05) is 47.5 Å². The van der Waals surface area contributed by atoms with Gasteiger partial charge in [-0.2, -0.15) is 0 Å². The molecular weight excluding hydrogens is 346 g/mol. The SMILES string of the molecule is Cc1ccc(C2SCC(C(=O)O)N2C(=O)c2cccc(Cl)c2)cc1. The zero-order chi connectivity index (χ0) is 17.3. The van der Waals surface area contributed by atoms with E-state index in [4.69, 9.17) is 11.6 Å². The second-order valence-electron chi connectivity index (χ2n) is 5.67. The number of carboxylic acid groups (broad SMARTS) is 1. The highest BCUT2D eigenvalue weighted by atomic mass is 35.5. The average molecular weight is 362 g/mol. The molecule has 0 radical (unpaired) electrons. The Morgan fingerprint density at radius 3 is 2.54 bits per heavy atom. The quantitative estimate of drug-likeness (QED) is 0.898. The van der Waals surface area contributed by atoms with Crippen molar-refractivity contribution in [3.05, 3.63) is 70.2 Å². The van der Waals surface area contributed by atoms with Crippen LogP contribution in [0.4, 0.5) is 0 Å². The number of hydrogen-bond donors (Lipinski definition) is 1. The van der Waals surface area contributed by atoms with Crippen LogP contribution in [-0.4, -0.2) is 33.7 Å². The summed E-state index contributed by atoms with van der Waals surface area (Å²) in [5.41, 5.74) is 2.43. The number of rotatable bonds is 3. The van der Waals surface area contributed by atoms with E-state index in [-0.39, 0.29) is 11.3 Å². The number of aliphatic carboxylic acids is 1. The Kier molecular flexibility index (Phi) is 4.83. The maximum atomic E-state index is 13.0. The largest absolute Gasteiger partial charge is 0.480 e. The summed E-state index contributed by atoms with van der Waals surface area (Å²) in [7, 11) is 0. The molecule has 1 aliphatic heterocycles. The summed E-state index contributed by atoms with van der Waals surface area (Å²) in [6.07, 6.45) is 0. The highest BCUT2D eigenvalue weighted by Crippen LogP contribution is 2.42. The molecule has 6 heteroatoms. The molecule has 4 nitrogen and oxygen atoms in total. The number of amides is 1. The fraction of sp³-hybridized carbons (Fsp3) is 0.222. The number of nitrogens with zero attached hydrogens (tertiary/aromatic N) is 1. The number of carbonyl (C=O) groups is 2. The number of carboxylic acids is 1. The lowest BCUT2D eigenvalue weighted by Crippen LogP contribution is -2.42. The van der Waals surface area contributed by atoms with Crippen LogP contribution in [0.25, 0.3) is 0 Å². The lowest BCUT2D eigenvalue weighted by atomic mass is 10.1. The van der Waals surface area contributed by atoms with Crippen LogP contribution in [0.15, 0.2) is 48.5 Å². The van der Waals surface area contributed by atoms with Gasteiger partial charge in [0.2, 0.25) is 0 Å². The third-order valence-corrected chi connectivity index (χ3v) is 5.51. The zero-order valence-corrected chi connectivity index (χ0v) is 14.6. The Morgan fingerprint density at radius 2 is 1.92 bits per heavy atom. The lowest BCUT2D eigenvalue weighted by molar-refractivity contribution is -0.141. The molecule has 0 aliphatic carbocycles. The third kappa shape index (κ3) is 3.28. The molecule has 2 aromatic rings. The van der Waals surface area contributed by atoms with Gasteiger partial charge in [-0.25, -0.2) is 4.79 Å². The Hall–Kier alpha value is -1.98. The van der Waals surface area contributed by atoms with Crippen molar-refractivity contribution in [2.75, 3.05) is 5.75 Å². The standard InChI is InChI=1S/C18H16ClNO3S/c1-11-5-7-12(8-6-11)17-20(15(10-24-17)18(22)23)16(21)13-3-2-4-14(19)9-13/h2-9,15,17H,10H2,1H3,(H,22,23). The van der Waals surface area contributed by atoms with E-state index in [2.05, 4.69) is 0 Å². The molecule has 0 bridgehead atoms. The van der Waals surface area contributed by atoms with Crippen LogP contribution in [-0.2, 0) is 4.79 Å². The molecule has 1 N–H and O–H groups in total. The van der Waals surface area contributed by atoms with Gasteiger partial charge >= 0.3 is 5.97 Å². The highest BCUT2D eigenvalue weighted by Gasteiger charge is 2.42. The smallest absolute Gasteiger partial charge is 0.327 e. The summed E-state index contributed by atoms with van der Waals surface area (Å²) < 4.78 is 0. The summed E-state index contributed by atoms with van der Waals surface area (Å²) in [4.78, 5) is 26.0. The zero-order valence-electron chi connectivity index (χ0n) is 13.0. The van der Waals surface area contributed by atoms with Crippen molar-refractivity contribution in [3.63, 3.8) is 0 Å². The first-order valence-electron chi connectivity index (χ1n) is 7.46. The molecule has 2 aromatic carbocycles. The van der Waals surface area contributed by atoms with E-state index in [1.807, 2.05) is 31.2 Å². The second kappa shape index (κ2) is 6.87. The minimum absolute atomic E-state index is 0.319. The van der Waals surface area contributed by atoms with Crippen molar-refractivity contribution >= 4 is 35.2 Å². The van der Waals surface area contributed by atoms with E-state index in [1.54, 1.807) is 24.3 Å². The van der Waals surface area contributed by atoms with Crippen molar-refractivity contribution < 1.29 is 14.7 Å². The Labute approximate surface area is 149 Å². The van der Waals surface area contributed by atoms with Crippen LogP contribution in [0.5, 0.6) is 0 Å². The van der Waals surface area contributed by atoms with Crippen LogP contribution in [0.2, 0.25) is 5.02 Å². The molecule has 1 saturated heterocycles. The Bertz CT molecular complexity index is 778. The van der Waals surface area contributed by atoms with E-state index in [0.717, 1.165) is 11.1 Å². The monoisotopic (exact) mass is 361 g/mol. The first-order chi connectivity index (χ1) is 11.5. The summed E-state index contributed by atoms with van der Waals surface area (Å²) in [6, 6.07) is 13.6. The molecule has 1 fully saturated rings. The fourth-order valence-corrected chi connectivity index (χ4v) is 4.31. The molecular formula is C18H16ClNO3S. The fourth-order valence-electron chi connectivity index (χ4n) is 2.70. The van der Waals surface area contributed by atoms with Gasteiger partial charge in [0, 0.05) is 16.3 Å². The molecule has 1 amide bonds. The van der Waals surface area contributed by atoms with Crippen molar-refractivity contribution in [2.45, 2.75) is 18.3 Å².